The lowest BCUT2D eigenvalue weighted by molar-refractivity contribution is -0.142. The van der Waals surface area contributed by atoms with Crippen LogP contribution in [0.1, 0.15) is 46.0 Å². The lowest BCUT2D eigenvalue weighted by atomic mass is 9.76. The Morgan fingerprint density at radius 2 is 2.11 bits per heavy atom. The van der Waals surface area contributed by atoms with Crippen LogP contribution in [0.15, 0.2) is 0 Å². The van der Waals surface area contributed by atoms with Crippen LogP contribution >= 0.6 is 0 Å². The maximum atomic E-state index is 12.7. The molecule has 0 aromatic heterocycles. The second-order valence-corrected chi connectivity index (χ2v) is 6.06. The van der Waals surface area contributed by atoms with Gasteiger partial charge in [0.2, 0.25) is 5.91 Å². The molecule has 0 spiro atoms. The Morgan fingerprint density at radius 3 is 2.84 bits per heavy atom. The van der Waals surface area contributed by atoms with E-state index in [1.54, 1.807) is 0 Å². The number of piperidine rings is 1. The summed E-state index contributed by atoms with van der Waals surface area (Å²) in [4.78, 5) is 14.7. The van der Waals surface area contributed by atoms with Crippen LogP contribution in [0.4, 0.5) is 0 Å². The van der Waals surface area contributed by atoms with Gasteiger partial charge >= 0.3 is 0 Å². The molecule has 2 rings (SSSR count). The minimum Gasteiger partial charge on any atom is -0.377 e. The molecule has 0 radical (unpaired) electrons. The van der Waals surface area contributed by atoms with Crippen LogP contribution in [0, 0.1) is 11.8 Å². The van der Waals surface area contributed by atoms with Crippen LogP contribution in [0.25, 0.3) is 0 Å². The zero-order chi connectivity index (χ0) is 13.8. The molecule has 1 aliphatic carbocycles. The van der Waals surface area contributed by atoms with Crippen molar-refractivity contribution in [2.75, 3.05) is 19.7 Å². The first kappa shape index (κ1) is 14.8. The van der Waals surface area contributed by atoms with E-state index >= 15 is 0 Å². The molecule has 2 N–H and O–H groups in total. The van der Waals surface area contributed by atoms with Crippen molar-refractivity contribution < 1.29 is 9.53 Å². The fourth-order valence-electron chi connectivity index (χ4n) is 3.49. The van der Waals surface area contributed by atoms with Gasteiger partial charge in [-0.1, -0.05) is 13.3 Å². The normalized spacial score (nSPS) is 36.3. The molecule has 1 saturated carbocycles. The fourth-order valence-corrected chi connectivity index (χ4v) is 3.49. The Kier molecular flexibility index (Phi) is 5.22. The predicted molar refractivity (Wildman–Crippen MR) is 75.7 cm³/mol. The summed E-state index contributed by atoms with van der Waals surface area (Å²) in [6, 6.07) is 0.190. The molecule has 4 unspecified atom stereocenters. The highest BCUT2D eigenvalue weighted by Crippen LogP contribution is 2.31. The zero-order valence-electron chi connectivity index (χ0n) is 12.3. The standard InChI is InChI=1S/C15H28N2O2/c1-3-19-12-6-5-9-17(10-12)15(18)13-7-4-8-14(16)11(13)2/h11-14H,3-10,16H2,1-2H3. The largest absolute Gasteiger partial charge is 0.377 e. The van der Waals surface area contributed by atoms with E-state index in [2.05, 4.69) is 6.92 Å². The number of amides is 1. The van der Waals surface area contributed by atoms with Gasteiger partial charge in [0.15, 0.2) is 0 Å². The van der Waals surface area contributed by atoms with E-state index in [9.17, 15) is 4.79 Å². The number of hydrogen-bond acceptors (Lipinski definition) is 3. The highest BCUT2D eigenvalue weighted by atomic mass is 16.5. The van der Waals surface area contributed by atoms with Crippen molar-refractivity contribution in [3.8, 4) is 0 Å². The molecule has 1 heterocycles. The number of carbonyl (C=O) groups excluding carboxylic acids is 1. The zero-order valence-corrected chi connectivity index (χ0v) is 12.3. The fraction of sp³-hybridized carbons (Fsp3) is 0.933. The van der Waals surface area contributed by atoms with Gasteiger partial charge in [-0.2, -0.15) is 0 Å². The molecule has 4 atom stereocenters. The van der Waals surface area contributed by atoms with Crippen molar-refractivity contribution in [3.05, 3.63) is 0 Å². The Hall–Kier alpha value is -0.610. The van der Waals surface area contributed by atoms with Crippen LogP contribution < -0.4 is 5.73 Å². The molecule has 110 valence electrons. The number of nitrogens with two attached hydrogens (primary N) is 1. The van der Waals surface area contributed by atoms with Crippen molar-refractivity contribution in [3.63, 3.8) is 0 Å². The summed E-state index contributed by atoms with van der Waals surface area (Å²) in [5, 5.41) is 0. The first-order valence-electron chi connectivity index (χ1n) is 7.79. The van der Waals surface area contributed by atoms with Crippen molar-refractivity contribution in [2.45, 2.75) is 58.1 Å². The minimum atomic E-state index is 0.129. The third-order valence-corrected chi connectivity index (χ3v) is 4.77. The quantitative estimate of drug-likeness (QED) is 0.849. The summed E-state index contributed by atoms with van der Waals surface area (Å²) in [5.74, 6) is 0.755. The molecule has 0 aromatic rings. The van der Waals surface area contributed by atoms with E-state index < -0.39 is 0 Å². The molecule has 0 bridgehead atoms. The van der Waals surface area contributed by atoms with Crippen molar-refractivity contribution in [1.82, 2.24) is 4.90 Å². The second kappa shape index (κ2) is 6.71. The Bertz CT molecular complexity index is 307. The lowest BCUT2D eigenvalue weighted by Crippen LogP contribution is -2.50. The van der Waals surface area contributed by atoms with Gasteiger partial charge in [0.1, 0.15) is 0 Å². The summed E-state index contributed by atoms with van der Waals surface area (Å²) in [6.07, 6.45) is 5.52. The predicted octanol–water partition coefficient (Wildman–Crippen LogP) is 1.78. The molecule has 1 amide bonds. The average Bonchev–Trinajstić information content (AvgIpc) is 2.42. The maximum absolute atomic E-state index is 12.7. The summed E-state index contributed by atoms with van der Waals surface area (Å²) in [7, 11) is 0. The summed E-state index contributed by atoms with van der Waals surface area (Å²) < 4.78 is 5.68. The Balaban J connectivity index is 1.94. The van der Waals surface area contributed by atoms with E-state index in [0.29, 0.717) is 11.8 Å². The van der Waals surface area contributed by atoms with Gasteiger partial charge in [-0.05, 0) is 38.5 Å². The van der Waals surface area contributed by atoms with Gasteiger partial charge in [0.25, 0.3) is 0 Å². The summed E-state index contributed by atoms with van der Waals surface area (Å²) in [5.41, 5.74) is 6.12. The number of nitrogens with zero attached hydrogens (tertiary/aromatic N) is 1. The monoisotopic (exact) mass is 268 g/mol. The number of ether oxygens (including phenoxy) is 1. The molecule has 2 fully saturated rings. The van der Waals surface area contributed by atoms with Gasteiger partial charge < -0.3 is 15.4 Å². The Morgan fingerprint density at radius 1 is 1.32 bits per heavy atom. The van der Waals surface area contributed by atoms with E-state index in [-0.39, 0.29) is 18.1 Å². The van der Waals surface area contributed by atoms with Crippen LogP contribution in [-0.4, -0.2) is 42.6 Å². The molecule has 19 heavy (non-hydrogen) atoms. The topological polar surface area (TPSA) is 55.6 Å². The molecule has 4 nitrogen and oxygen atoms in total. The highest BCUT2D eigenvalue weighted by Gasteiger charge is 2.36. The first-order valence-corrected chi connectivity index (χ1v) is 7.79. The molecular weight excluding hydrogens is 240 g/mol. The number of rotatable bonds is 3. The number of hydrogen-bond donors (Lipinski definition) is 1. The highest BCUT2D eigenvalue weighted by molar-refractivity contribution is 5.79. The minimum absolute atomic E-state index is 0.129. The van der Waals surface area contributed by atoms with Gasteiger partial charge in [0, 0.05) is 31.7 Å². The van der Waals surface area contributed by atoms with Gasteiger partial charge in [-0.25, -0.2) is 0 Å². The number of likely N-dealkylation sites (tertiary alicyclic amines) is 1. The summed E-state index contributed by atoms with van der Waals surface area (Å²) >= 11 is 0. The molecule has 1 aliphatic heterocycles. The van der Waals surface area contributed by atoms with Crippen LogP contribution in [-0.2, 0) is 9.53 Å². The molecule has 1 saturated heterocycles. The van der Waals surface area contributed by atoms with Crippen LogP contribution in [0.2, 0.25) is 0 Å². The van der Waals surface area contributed by atoms with Crippen molar-refractivity contribution >= 4 is 5.91 Å². The maximum Gasteiger partial charge on any atom is 0.226 e. The van der Waals surface area contributed by atoms with E-state index in [1.807, 2.05) is 11.8 Å². The van der Waals surface area contributed by atoms with Gasteiger partial charge in [-0.3, -0.25) is 4.79 Å². The van der Waals surface area contributed by atoms with Gasteiger partial charge in [0.05, 0.1) is 6.10 Å². The van der Waals surface area contributed by atoms with Crippen LogP contribution in [0.5, 0.6) is 0 Å². The lowest BCUT2D eigenvalue weighted by Gasteiger charge is -2.39. The third kappa shape index (κ3) is 3.48. The van der Waals surface area contributed by atoms with Gasteiger partial charge in [-0.15, -0.1) is 0 Å². The first-order chi connectivity index (χ1) is 9.13. The molecule has 4 heteroatoms. The van der Waals surface area contributed by atoms with E-state index in [1.165, 1.54) is 0 Å². The molecule has 2 aliphatic rings. The average molecular weight is 268 g/mol. The molecular formula is C15H28N2O2. The molecule has 0 aromatic carbocycles. The second-order valence-electron chi connectivity index (χ2n) is 6.06. The summed E-state index contributed by atoms with van der Waals surface area (Å²) in [6.45, 7) is 6.54. The number of carbonyl (C=O) groups is 1. The van der Waals surface area contributed by atoms with Crippen molar-refractivity contribution in [2.24, 2.45) is 17.6 Å². The Labute approximate surface area is 116 Å². The van der Waals surface area contributed by atoms with E-state index in [4.69, 9.17) is 10.5 Å². The smallest absolute Gasteiger partial charge is 0.226 e. The van der Waals surface area contributed by atoms with Crippen molar-refractivity contribution in [1.29, 1.82) is 0 Å². The third-order valence-electron chi connectivity index (χ3n) is 4.77. The van der Waals surface area contributed by atoms with Crippen LogP contribution in [0.3, 0.4) is 0 Å². The SMILES string of the molecule is CCOC1CCCN(C(=O)C2CCCC(N)C2C)C1. The van der Waals surface area contributed by atoms with E-state index in [0.717, 1.165) is 51.8 Å².